The second kappa shape index (κ2) is 6.53. The predicted molar refractivity (Wildman–Crippen MR) is 87.8 cm³/mol. The smallest absolute Gasteiger partial charge is 0.256 e. The van der Waals surface area contributed by atoms with Gasteiger partial charge in [0.15, 0.2) is 0 Å². The van der Waals surface area contributed by atoms with E-state index in [9.17, 15) is 9.18 Å². The van der Waals surface area contributed by atoms with E-state index in [0.29, 0.717) is 20.6 Å². The Bertz CT molecular complexity index is 664. The Labute approximate surface area is 137 Å². The lowest BCUT2D eigenvalue weighted by Crippen LogP contribution is -2.13. The first-order valence-corrected chi connectivity index (χ1v) is 7.48. The maximum atomic E-state index is 13.0. The fourth-order valence-corrected chi connectivity index (χ4v) is 2.88. The lowest BCUT2D eigenvalue weighted by atomic mass is 10.2. The standard InChI is InChI=1S/C14H10BrFINO2/c1-20-13-5-3-9(7-11(13)15)18-14(19)10-4-2-8(16)6-12(10)17/h2-7H,1H3,(H,18,19). The minimum Gasteiger partial charge on any atom is -0.496 e. The normalized spacial score (nSPS) is 10.2. The molecule has 0 unspecified atom stereocenters. The third kappa shape index (κ3) is 3.49. The monoisotopic (exact) mass is 449 g/mol. The number of carbonyl (C=O) groups excluding carboxylic acids is 1. The molecule has 3 nitrogen and oxygen atoms in total. The minimum atomic E-state index is -0.363. The summed E-state index contributed by atoms with van der Waals surface area (Å²) >= 11 is 5.28. The van der Waals surface area contributed by atoms with Gasteiger partial charge in [0.25, 0.3) is 5.91 Å². The van der Waals surface area contributed by atoms with Crippen molar-refractivity contribution in [2.24, 2.45) is 0 Å². The molecule has 0 radical (unpaired) electrons. The Morgan fingerprint density at radius 1 is 1.30 bits per heavy atom. The van der Waals surface area contributed by atoms with Crippen LogP contribution in [-0.2, 0) is 0 Å². The molecule has 0 aromatic heterocycles. The van der Waals surface area contributed by atoms with Crippen LogP contribution in [-0.4, -0.2) is 13.0 Å². The Morgan fingerprint density at radius 2 is 2.05 bits per heavy atom. The van der Waals surface area contributed by atoms with Gasteiger partial charge in [0.2, 0.25) is 0 Å². The molecule has 0 saturated heterocycles. The van der Waals surface area contributed by atoms with E-state index in [4.69, 9.17) is 4.74 Å². The van der Waals surface area contributed by atoms with E-state index in [2.05, 4.69) is 21.2 Å². The van der Waals surface area contributed by atoms with Gasteiger partial charge in [0.1, 0.15) is 11.6 Å². The summed E-state index contributed by atoms with van der Waals surface area (Å²) in [6, 6.07) is 9.27. The van der Waals surface area contributed by atoms with Crippen LogP contribution in [0.5, 0.6) is 5.75 Å². The first-order valence-electron chi connectivity index (χ1n) is 5.61. The van der Waals surface area contributed by atoms with Crippen molar-refractivity contribution in [2.75, 3.05) is 12.4 Å². The highest BCUT2D eigenvalue weighted by Gasteiger charge is 2.11. The molecule has 0 spiro atoms. The van der Waals surface area contributed by atoms with Crippen LogP contribution < -0.4 is 10.1 Å². The quantitative estimate of drug-likeness (QED) is 0.703. The average molecular weight is 450 g/mol. The van der Waals surface area contributed by atoms with Crippen molar-refractivity contribution in [1.82, 2.24) is 0 Å². The fourth-order valence-electron chi connectivity index (χ4n) is 1.62. The first-order chi connectivity index (χ1) is 9.51. The lowest BCUT2D eigenvalue weighted by molar-refractivity contribution is 0.102. The fraction of sp³-hybridized carbons (Fsp3) is 0.0714. The molecular formula is C14H10BrFINO2. The average Bonchev–Trinajstić information content (AvgIpc) is 2.38. The molecule has 2 aromatic rings. The number of nitrogens with one attached hydrogen (secondary N) is 1. The number of hydrogen-bond acceptors (Lipinski definition) is 2. The number of hydrogen-bond donors (Lipinski definition) is 1. The van der Waals surface area contributed by atoms with E-state index < -0.39 is 0 Å². The highest BCUT2D eigenvalue weighted by Crippen LogP contribution is 2.28. The van der Waals surface area contributed by atoms with Crippen molar-refractivity contribution >= 4 is 50.1 Å². The van der Waals surface area contributed by atoms with Gasteiger partial charge in [-0.15, -0.1) is 0 Å². The summed E-state index contributed by atoms with van der Waals surface area (Å²) in [5.41, 5.74) is 1.06. The zero-order valence-corrected chi connectivity index (χ0v) is 14.2. The molecule has 6 heteroatoms. The van der Waals surface area contributed by atoms with Gasteiger partial charge in [-0.2, -0.15) is 0 Å². The van der Waals surface area contributed by atoms with E-state index in [1.165, 1.54) is 18.2 Å². The molecule has 1 amide bonds. The molecule has 0 bridgehead atoms. The summed E-state index contributed by atoms with van der Waals surface area (Å²) in [7, 11) is 1.57. The number of amides is 1. The van der Waals surface area contributed by atoms with Gasteiger partial charge < -0.3 is 10.1 Å². The molecule has 104 valence electrons. The Balaban J connectivity index is 2.21. The SMILES string of the molecule is COc1ccc(NC(=O)c2ccc(F)cc2I)cc1Br. The number of halogens is 3. The van der Waals surface area contributed by atoms with E-state index >= 15 is 0 Å². The molecule has 0 aliphatic heterocycles. The van der Waals surface area contributed by atoms with Crippen molar-refractivity contribution in [3.05, 3.63) is 55.8 Å². The van der Waals surface area contributed by atoms with Gasteiger partial charge in [-0.3, -0.25) is 4.79 Å². The molecular weight excluding hydrogens is 440 g/mol. The van der Waals surface area contributed by atoms with Gasteiger partial charge in [0, 0.05) is 9.26 Å². The van der Waals surface area contributed by atoms with Crippen LogP contribution in [0, 0.1) is 9.39 Å². The van der Waals surface area contributed by atoms with Crippen molar-refractivity contribution in [3.8, 4) is 5.75 Å². The third-order valence-corrected chi connectivity index (χ3v) is 4.10. The van der Waals surface area contributed by atoms with Crippen LogP contribution in [0.15, 0.2) is 40.9 Å². The molecule has 0 aliphatic rings. The van der Waals surface area contributed by atoms with E-state index in [0.717, 1.165) is 4.47 Å². The van der Waals surface area contributed by atoms with Crippen LogP contribution in [0.4, 0.5) is 10.1 Å². The van der Waals surface area contributed by atoms with Gasteiger partial charge in [-0.05, 0) is 74.9 Å². The summed E-state index contributed by atoms with van der Waals surface area (Å²) < 4.78 is 19.4. The first kappa shape index (κ1) is 15.2. The number of methoxy groups -OCH3 is 1. The minimum absolute atomic E-state index is 0.286. The van der Waals surface area contributed by atoms with Gasteiger partial charge in [-0.1, -0.05) is 0 Å². The second-order valence-electron chi connectivity index (χ2n) is 3.93. The summed E-state index contributed by atoms with van der Waals surface area (Å²) in [5, 5.41) is 2.76. The number of anilines is 1. The van der Waals surface area contributed by atoms with Gasteiger partial charge in [0.05, 0.1) is 17.1 Å². The molecule has 2 aromatic carbocycles. The van der Waals surface area contributed by atoms with Crippen LogP contribution in [0.3, 0.4) is 0 Å². The molecule has 0 saturated carbocycles. The third-order valence-electron chi connectivity index (χ3n) is 2.59. The van der Waals surface area contributed by atoms with Crippen LogP contribution in [0.1, 0.15) is 10.4 Å². The predicted octanol–water partition coefficient (Wildman–Crippen LogP) is 4.45. The number of rotatable bonds is 3. The van der Waals surface area contributed by atoms with Crippen LogP contribution >= 0.6 is 38.5 Å². The van der Waals surface area contributed by atoms with Crippen molar-refractivity contribution in [3.63, 3.8) is 0 Å². The highest BCUT2D eigenvalue weighted by atomic mass is 127. The van der Waals surface area contributed by atoms with Gasteiger partial charge >= 0.3 is 0 Å². The molecule has 0 heterocycles. The number of carbonyl (C=O) groups is 1. The number of ether oxygens (including phenoxy) is 1. The Morgan fingerprint density at radius 3 is 2.65 bits per heavy atom. The summed E-state index contributed by atoms with van der Waals surface area (Å²) in [6.07, 6.45) is 0. The molecule has 0 atom stereocenters. The molecule has 0 fully saturated rings. The topological polar surface area (TPSA) is 38.3 Å². The van der Waals surface area contributed by atoms with Crippen molar-refractivity contribution in [1.29, 1.82) is 0 Å². The largest absolute Gasteiger partial charge is 0.496 e. The van der Waals surface area contributed by atoms with Gasteiger partial charge in [-0.25, -0.2) is 4.39 Å². The molecule has 2 rings (SSSR count). The van der Waals surface area contributed by atoms with E-state index in [1.54, 1.807) is 25.3 Å². The zero-order valence-electron chi connectivity index (χ0n) is 10.4. The second-order valence-corrected chi connectivity index (χ2v) is 5.94. The van der Waals surface area contributed by atoms with Crippen LogP contribution in [0.25, 0.3) is 0 Å². The highest BCUT2D eigenvalue weighted by molar-refractivity contribution is 14.1. The molecule has 0 aliphatic carbocycles. The zero-order chi connectivity index (χ0) is 14.7. The summed E-state index contributed by atoms with van der Waals surface area (Å²) in [6.45, 7) is 0. The lowest BCUT2D eigenvalue weighted by Gasteiger charge is -2.09. The van der Waals surface area contributed by atoms with Crippen LogP contribution in [0.2, 0.25) is 0 Å². The Kier molecular flexibility index (Phi) is 4.98. The number of benzene rings is 2. The summed E-state index contributed by atoms with van der Waals surface area (Å²) in [4.78, 5) is 12.1. The van der Waals surface area contributed by atoms with E-state index in [-0.39, 0.29) is 11.7 Å². The maximum absolute atomic E-state index is 13.0. The van der Waals surface area contributed by atoms with E-state index in [1.807, 2.05) is 22.6 Å². The molecule has 1 N–H and O–H groups in total. The summed E-state index contributed by atoms with van der Waals surface area (Å²) in [5.74, 6) is 0.0315. The molecule has 20 heavy (non-hydrogen) atoms. The van der Waals surface area contributed by atoms with Crippen molar-refractivity contribution < 1.29 is 13.9 Å². The van der Waals surface area contributed by atoms with Crippen molar-refractivity contribution in [2.45, 2.75) is 0 Å². The maximum Gasteiger partial charge on any atom is 0.256 e. The Hall–Kier alpha value is -1.15.